The van der Waals surface area contributed by atoms with E-state index in [2.05, 4.69) is 184 Å². The molecule has 9 aromatic carbocycles. The fourth-order valence-electron chi connectivity index (χ4n) is 9.80. The summed E-state index contributed by atoms with van der Waals surface area (Å²) in [5.74, 6) is 0. The Morgan fingerprint density at radius 3 is 1.09 bits per heavy atom. The van der Waals surface area contributed by atoms with Gasteiger partial charge in [-0.05, 0) is 220 Å². The predicted octanol–water partition coefficient (Wildman–Crippen LogP) is 19.6. The van der Waals surface area contributed by atoms with Crippen LogP contribution < -0.4 is 0 Å². The molecule has 0 radical (unpaired) electrons. The second kappa shape index (κ2) is 17.8. The smallest absolute Gasteiger partial charge is 0.0355 e. The Kier molecular flexibility index (Phi) is 11.3. The Morgan fingerprint density at radius 2 is 0.656 bits per heavy atom. The number of unbranched alkanes of at least 4 members (excludes halogenated alkanes) is 6. The lowest BCUT2D eigenvalue weighted by atomic mass is 9.98. The highest BCUT2D eigenvalue weighted by Crippen LogP contribution is 2.37. The van der Waals surface area contributed by atoms with Crippen LogP contribution in [0.1, 0.15) is 97.2 Å². The van der Waals surface area contributed by atoms with Crippen LogP contribution in [0.5, 0.6) is 0 Å². The van der Waals surface area contributed by atoms with E-state index < -0.39 is 0 Å². The van der Waals surface area contributed by atoms with E-state index in [1.165, 1.54) is 181 Å². The molecule has 2 heterocycles. The van der Waals surface area contributed by atoms with E-state index in [0.29, 0.717) is 0 Å². The first kappa shape index (κ1) is 40.7. The first-order valence-corrected chi connectivity index (χ1v) is 25.3. The van der Waals surface area contributed by atoms with Gasteiger partial charge in [0.15, 0.2) is 0 Å². The molecule has 0 atom stereocenters. The summed E-state index contributed by atoms with van der Waals surface area (Å²) >= 11 is 3.75. The summed E-state index contributed by atoms with van der Waals surface area (Å²) in [7, 11) is 0. The van der Waals surface area contributed by atoms with E-state index in [9.17, 15) is 0 Å². The molecule has 0 aliphatic carbocycles. The standard InChI is InChI=1S/C62H54S2/c1-3-5-7-9-11-41-13-19-45-31-51-27-43(15-21-47(51)29-49(45)25-41)17-23-59-37-57-35-53-33-54-36-58-38-60(64-62(58)40-56(54)34-55(53)39-61(57)63-59)24-18-44-16-22-48-30-50-26-42(12-10-8-6-4-2)14-20-46(50)32-52(48)28-44/h13-40H,3-12H2,1-2H3/b23-17+,24-18+. The molecule has 0 bridgehead atoms. The van der Waals surface area contributed by atoms with E-state index in [4.69, 9.17) is 0 Å². The van der Waals surface area contributed by atoms with Crippen LogP contribution in [-0.2, 0) is 12.8 Å². The van der Waals surface area contributed by atoms with Crippen LogP contribution in [0.2, 0.25) is 0 Å². The average Bonchev–Trinajstić information content (AvgIpc) is 3.91. The molecule has 314 valence electrons. The third-order valence-corrected chi connectivity index (χ3v) is 15.5. The van der Waals surface area contributed by atoms with Crippen molar-refractivity contribution in [3.05, 3.63) is 178 Å². The summed E-state index contributed by atoms with van der Waals surface area (Å²) < 4.78 is 2.66. The molecular weight excluding hydrogens is 809 g/mol. The van der Waals surface area contributed by atoms with Gasteiger partial charge in [-0.2, -0.15) is 0 Å². The van der Waals surface area contributed by atoms with Crippen molar-refractivity contribution in [2.24, 2.45) is 0 Å². The van der Waals surface area contributed by atoms with Crippen molar-refractivity contribution < 1.29 is 0 Å². The molecule has 11 rings (SSSR count). The molecule has 0 amide bonds. The maximum Gasteiger partial charge on any atom is 0.0355 e. The maximum absolute atomic E-state index is 2.40. The van der Waals surface area contributed by atoms with Crippen molar-refractivity contribution in [2.45, 2.75) is 78.1 Å². The number of fused-ring (bicyclic) bond motifs is 8. The van der Waals surface area contributed by atoms with Gasteiger partial charge in [-0.3, -0.25) is 0 Å². The normalized spacial score (nSPS) is 12.4. The fraction of sp³-hybridized carbons (Fsp3) is 0.194. The highest BCUT2D eigenvalue weighted by molar-refractivity contribution is 7.20. The first-order valence-electron chi connectivity index (χ1n) is 23.6. The molecule has 0 saturated heterocycles. The van der Waals surface area contributed by atoms with E-state index in [1.807, 2.05) is 22.7 Å². The monoisotopic (exact) mass is 862 g/mol. The van der Waals surface area contributed by atoms with Gasteiger partial charge < -0.3 is 0 Å². The third kappa shape index (κ3) is 8.62. The van der Waals surface area contributed by atoms with Gasteiger partial charge in [-0.15, -0.1) is 22.7 Å². The van der Waals surface area contributed by atoms with Gasteiger partial charge in [0.05, 0.1) is 0 Å². The summed E-state index contributed by atoms with van der Waals surface area (Å²) in [5, 5.41) is 18.3. The first-order chi connectivity index (χ1) is 31.5. The van der Waals surface area contributed by atoms with Gasteiger partial charge in [0, 0.05) is 19.2 Å². The van der Waals surface area contributed by atoms with Gasteiger partial charge in [0.2, 0.25) is 0 Å². The van der Waals surface area contributed by atoms with Crippen molar-refractivity contribution in [1.29, 1.82) is 0 Å². The van der Waals surface area contributed by atoms with Gasteiger partial charge in [-0.1, -0.05) is 125 Å². The Morgan fingerprint density at radius 1 is 0.297 bits per heavy atom. The number of rotatable bonds is 14. The molecular formula is C62H54S2. The Balaban J connectivity index is 0.798. The van der Waals surface area contributed by atoms with E-state index >= 15 is 0 Å². The zero-order valence-corrected chi connectivity index (χ0v) is 38.7. The Hall–Kier alpha value is -6.06. The van der Waals surface area contributed by atoms with Crippen LogP contribution in [0.15, 0.2) is 146 Å². The minimum atomic E-state index is 1.17. The Bertz CT molecular complexity index is 3270. The summed E-state index contributed by atoms with van der Waals surface area (Å²) in [5.41, 5.74) is 5.38. The van der Waals surface area contributed by atoms with E-state index in [0.717, 1.165) is 0 Å². The number of benzene rings is 9. The SMILES string of the molecule is CCCCCCc1ccc2cc3cc(/C=C/c4cc5cc6cc7cc8cc(/C=C/c9ccc%10cc%11cc(CCCCCC)ccc%11cc%10c9)sc8cc7cc6cc5s4)ccc3cc2c1. The second-order valence-corrected chi connectivity index (χ2v) is 20.4. The molecule has 0 unspecified atom stereocenters. The van der Waals surface area contributed by atoms with Crippen molar-refractivity contribution in [2.75, 3.05) is 0 Å². The summed E-state index contributed by atoms with van der Waals surface area (Å²) in [6.07, 6.45) is 21.9. The molecule has 0 aliphatic rings. The number of thiophene rings is 2. The molecule has 0 spiro atoms. The molecule has 64 heavy (non-hydrogen) atoms. The van der Waals surface area contributed by atoms with Crippen LogP contribution in [0.4, 0.5) is 0 Å². The predicted molar refractivity (Wildman–Crippen MR) is 289 cm³/mol. The minimum Gasteiger partial charge on any atom is -0.136 e. The van der Waals surface area contributed by atoms with Gasteiger partial charge in [0.1, 0.15) is 0 Å². The van der Waals surface area contributed by atoms with Crippen LogP contribution in [0, 0.1) is 0 Å². The lowest BCUT2D eigenvalue weighted by Crippen LogP contribution is -1.87. The molecule has 0 aliphatic heterocycles. The lowest BCUT2D eigenvalue weighted by Gasteiger charge is -2.07. The summed E-state index contributed by atoms with van der Waals surface area (Å²) in [6.45, 7) is 4.56. The van der Waals surface area contributed by atoms with Crippen LogP contribution in [0.3, 0.4) is 0 Å². The van der Waals surface area contributed by atoms with Crippen LogP contribution >= 0.6 is 22.7 Å². The quantitative estimate of drug-likeness (QED) is 0.0755. The summed E-state index contributed by atoms with van der Waals surface area (Å²) in [4.78, 5) is 2.56. The fourth-order valence-corrected chi connectivity index (χ4v) is 11.8. The van der Waals surface area contributed by atoms with Crippen molar-refractivity contribution in [3.8, 4) is 0 Å². The highest BCUT2D eigenvalue weighted by Gasteiger charge is 2.09. The molecule has 0 nitrogen and oxygen atoms in total. The molecule has 2 heteroatoms. The molecule has 2 aromatic heterocycles. The largest absolute Gasteiger partial charge is 0.136 e. The number of hydrogen-bond acceptors (Lipinski definition) is 2. The number of hydrogen-bond donors (Lipinski definition) is 0. The third-order valence-electron chi connectivity index (χ3n) is 13.4. The Labute approximate surface area is 385 Å². The maximum atomic E-state index is 2.40. The van der Waals surface area contributed by atoms with Crippen molar-refractivity contribution >= 4 is 132 Å². The number of aryl methyl sites for hydroxylation is 2. The molecule has 0 saturated carbocycles. The van der Waals surface area contributed by atoms with Crippen molar-refractivity contribution in [3.63, 3.8) is 0 Å². The van der Waals surface area contributed by atoms with Gasteiger partial charge in [0.25, 0.3) is 0 Å². The summed E-state index contributed by atoms with van der Waals surface area (Å²) in [6, 6.07) is 56.2. The molecule has 0 fully saturated rings. The van der Waals surface area contributed by atoms with Gasteiger partial charge in [-0.25, -0.2) is 0 Å². The zero-order chi connectivity index (χ0) is 43.0. The van der Waals surface area contributed by atoms with Crippen LogP contribution in [-0.4, -0.2) is 0 Å². The molecule has 0 N–H and O–H groups in total. The lowest BCUT2D eigenvalue weighted by molar-refractivity contribution is 0.667. The highest BCUT2D eigenvalue weighted by atomic mass is 32.1. The topological polar surface area (TPSA) is 0 Å². The second-order valence-electron chi connectivity index (χ2n) is 18.2. The average molecular weight is 863 g/mol. The van der Waals surface area contributed by atoms with E-state index in [1.54, 1.807) is 0 Å². The molecule has 11 aromatic rings. The van der Waals surface area contributed by atoms with Gasteiger partial charge >= 0.3 is 0 Å². The van der Waals surface area contributed by atoms with Crippen molar-refractivity contribution in [1.82, 2.24) is 0 Å². The minimum absolute atomic E-state index is 1.17. The van der Waals surface area contributed by atoms with E-state index in [-0.39, 0.29) is 0 Å². The van der Waals surface area contributed by atoms with Crippen LogP contribution in [0.25, 0.3) is 109 Å². The zero-order valence-electron chi connectivity index (χ0n) is 37.1.